The monoisotopic (exact) mass is 238 g/mol. The van der Waals surface area contributed by atoms with Crippen LogP contribution in [0.4, 0.5) is 5.82 Å². The highest BCUT2D eigenvalue weighted by atomic mass is 16.5. The van der Waals surface area contributed by atoms with E-state index in [9.17, 15) is 4.79 Å². The standard InChI is InChI=1S/C11H18N4O2/c1-3-12-9-7-17-6-8(9)11(16)13-10-4-5-15(2)14-10/h4-5,8-9,12H,3,6-7H2,1-2H3,(H,13,14,16). The summed E-state index contributed by atoms with van der Waals surface area (Å²) in [4.78, 5) is 12.0. The number of rotatable bonds is 4. The Morgan fingerprint density at radius 3 is 3.12 bits per heavy atom. The molecule has 94 valence electrons. The van der Waals surface area contributed by atoms with Crippen LogP contribution in [0.15, 0.2) is 12.3 Å². The molecule has 0 bridgehead atoms. The Morgan fingerprint density at radius 2 is 2.47 bits per heavy atom. The van der Waals surface area contributed by atoms with E-state index in [1.54, 1.807) is 16.9 Å². The van der Waals surface area contributed by atoms with Gasteiger partial charge in [0.15, 0.2) is 5.82 Å². The number of likely N-dealkylation sites (N-methyl/N-ethyl adjacent to an activating group) is 1. The van der Waals surface area contributed by atoms with Gasteiger partial charge in [-0.3, -0.25) is 9.48 Å². The summed E-state index contributed by atoms with van der Waals surface area (Å²) in [7, 11) is 1.82. The van der Waals surface area contributed by atoms with Crippen molar-refractivity contribution in [3.63, 3.8) is 0 Å². The van der Waals surface area contributed by atoms with Gasteiger partial charge in [-0.25, -0.2) is 0 Å². The van der Waals surface area contributed by atoms with Gasteiger partial charge >= 0.3 is 0 Å². The van der Waals surface area contributed by atoms with Gasteiger partial charge in [0.25, 0.3) is 0 Å². The van der Waals surface area contributed by atoms with Crippen molar-refractivity contribution >= 4 is 11.7 Å². The number of hydrogen-bond acceptors (Lipinski definition) is 4. The summed E-state index contributed by atoms with van der Waals surface area (Å²) < 4.78 is 6.99. The van der Waals surface area contributed by atoms with Gasteiger partial charge in [0.1, 0.15) is 0 Å². The molecule has 1 amide bonds. The van der Waals surface area contributed by atoms with Gasteiger partial charge in [-0.15, -0.1) is 0 Å². The average Bonchev–Trinajstić information content (AvgIpc) is 2.88. The smallest absolute Gasteiger partial charge is 0.232 e. The van der Waals surface area contributed by atoms with E-state index in [1.165, 1.54) is 0 Å². The molecule has 0 saturated carbocycles. The SMILES string of the molecule is CCNC1COCC1C(=O)Nc1ccn(C)n1. The number of ether oxygens (including phenoxy) is 1. The predicted molar refractivity (Wildman–Crippen MR) is 63.6 cm³/mol. The van der Waals surface area contributed by atoms with E-state index in [0.717, 1.165) is 6.54 Å². The molecule has 0 spiro atoms. The number of hydrogen-bond donors (Lipinski definition) is 2. The molecule has 1 aromatic heterocycles. The van der Waals surface area contributed by atoms with Crippen LogP contribution in [0, 0.1) is 5.92 Å². The average molecular weight is 238 g/mol. The molecule has 0 aromatic carbocycles. The molecular weight excluding hydrogens is 220 g/mol. The molecular formula is C11H18N4O2. The van der Waals surface area contributed by atoms with Crippen LogP contribution in [0.5, 0.6) is 0 Å². The summed E-state index contributed by atoms with van der Waals surface area (Å²) in [6.45, 7) is 3.91. The van der Waals surface area contributed by atoms with Crippen LogP contribution in [0.2, 0.25) is 0 Å². The fraction of sp³-hybridized carbons (Fsp3) is 0.636. The maximum atomic E-state index is 12.0. The molecule has 2 unspecified atom stereocenters. The number of nitrogens with zero attached hydrogens (tertiary/aromatic N) is 2. The van der Waals surface area contributed by atoms with E-state index < -0.39 is 0 Å². The first-order valence-corrected chi connectivity index (χ1v) is 5.82. The maximum absolute atomic E-state index is 12.0. The second-order valence-corrected chi connectivity index (χ2v) is 4.17. The molecule has 1 fully saturated rings. The van der Waals surface area contributed by atoms with Crippen LogP contribution in [0.3, 0.4) is 0 Å². The highest BCUT2D eigenvalue weighted by Gasteiger charge is 2.33. The van der Waals surface area contributed by atoms with Crippen molar-refractivity contribution < 1.29 is 9.53 Å². The van der Waals surface area contributed by atoms with Crippen molar-refractivity contribution in [2.75, 3.05) is 25.1 Å². The van der Waals surface area contributed by atoms with Crippen molar-refractivity contribution in [2.45, 2.75) is 13.0 Å². The maximum Gasteiger partial charge on any atom is 0.232 e. The molecule has 6 heteroatoms. The van der Waals surface area contributed by atoms with Gasteiger partial charge in [-0.05, 0) is 6.54 Å². The number of anilines is 1. The Kier molecular flexibility index (Phi) is 3.75. The third-order valence-corrected chi connectivity index (χ3v) is 2.85. The Morgan fingerprint density at radius 1 is 1.65 bits per heavy atom. The van der Waals surface area contributed by atoms with Gasteiger partial charge in [0.2, 0.25) is 5.91 Å². The Balaban J connectivity index is 1.95. The minimum absolute atomic E-state index is 0.0350. The minimum Gasteiger partial charge on any atom is -0.379 e. The Labute approximate surface area is 100 Å². The molecule has 1 saturated heterocycles. The lowest BCUT2D eigenvalue weighted by Gasteiger charge is -2.16. The Bertz CT molecular complexity index is 391. The minimum atomic E-state index is -0.142. The van der Waals surface area contributed by atoms with Crippen molar-refractivity contribution in [3.05, 3.63) is 12.3 Å². The highest BCUT2D eigenvalue weighted by Crippen LogP contribution is 2.16. The normalized spacial score (nSPS) is 23.9. The fourth-order valence-electron chi connectivity index (χ4n) is 1.98. The van der Waals surface area contributed by atoms with Crippen LogP contribution >= 0.6 is 0 Å². The number of carbonyl (C=O) groups is 1. The lowest BCUT2D eigenvalue weighted by atomic mass is 10.0. The molecule has 6 nitrogen and oxygen atoms in total. The van der Waals surface area contributed by atoms with Crippen LogP contribution < -0.4 is 10.6 Å². The zero-order valence-corrected chi connectivity index (χ0v) is 10.1. The third kappa shape index (κ3) is 2.83. The van der Waals surface area contributed by atoms with Crippen LogP contribution in [-0.2, 0) is 16.6 Å². The first-order chi connectivity index (χ1) is 8.20. The van der Waals surface area contributed by atoms with E-state index in [0.29, 0.717) is 19.0 Å². The first kappa shape index (κ1) is 12.1. The van der Waals surface area contributed by atoms with Gasteiger partial charge in [0.05, 0.1) is 19.1 Å². The lowest BCUT2D eigenvalue weighted by molar-refractivity contribution is -0.120. The van der Waals surface area contributed by atoms with Crippen LogP contribution in [0.1, 0.15) is 6.92 Å². The molecule has 0 aliphatic carbocycles. The van der Waals surface area contributed by atoms with E-state index >= 15 is 0 Å². The van der Waals surface area contributed by atoms with Gasteiger partial charge in [-0.2, -0.15) is 5.10 Å². The molecule has 0 radical (unpaired) electrons. The summed E-state index contributed by atoms with van der Waals surface area (Å²) in [5.41, 5.74) is 0. The van der Waals surface area contributed by atoms with Crippen molar-refractivity contribution in [2.24, 2.45) is 13.0 Å². The molecule has 2 atom stereocenters. The van der Waals surface area contributed by atoms with E-state index in [4.69, 9.17) is 4.74 Å². The van der Waals surface area contributed by atoms with E-state index in [2.05, 4.69) is 15.7 Å². The summed E-state index contributed by atoms with van der Waals surface area (Å²) >= 11 is 0. The van der Waals surface area contributed by atoms with Gasteiger partial charge in [-0.1, -0.05) is 6.92 Å². The van der Waals surface area contributed by atoms with E-state index in [-0.39, 0.29) is 17.9 Å². The number of aryl methyl sites for hydroxylation is 1. The number of amides is 1. The molecule has 2 heterocycles. The molecule has 1 aliphatic rings. The van der Waals surface area contributed by atoms with Gasteiger partial charge in [0, 0.05) is 25.4 Å². The summed E-state index contributed by atoms with van der Waals surface area (Å²) in [5, 5.41) is 10.2. The Hall–Kier alpha value is -1.40. The third-order valence-electron chi connectivity index (χ3n) is 2.85. The molecule has 1 aromatic rings. The topological polar surface area (TPSA) is 68.2 Å². The molecule has 17 heavy (non-hydrogen) atoms. The molecule has 1 aliphatic heterocycles. The molecule has 2 N–H and O–H groups in total. The lowest BCUT2D eigenvalue weighted by Crippen LogP contribution is -2.41. The second-order valence-electron chi connectivity index (χ2n) is 4.17. The zero-order chi connectivity index (χ0) is 12.3. The summed E-state index contributed by atoms with van der Waals surface area (Å²) in [6.07, 6.45) is 1.79. The number of nitrogens with one attached hydrogen (secondary N) is 2. The molecule has 2 rings (SSSR count). The largest absolute Gasteiger partial charge is 0.379 e. The first-order valence-electron chi connectivity index (χ1n) is 5.82. The van der Waals surface area contributed by atoms with Crippen molar-refractivity contribution in [1.29, 1.82) is 0 Å². The van der Waals surface area contributed by atoms with Gasteiger partial charge < -0.3 is 15.4 Å². The fourth-order valence-corrected chi connectivity index (χ4v) is 1.98. The quantitative estimate of drug-likeness (QED) is 0.773. The zero-order valence-electron chi connectivity index (χ0n) is 10.1. The number of aromatic nitrogens is 2. The summed E-state index contributed by atoms with van der Waals surface area (Å²) in [6, 6.07) is 1.87. The predicted octanol–water partition coefficient (Wildman–Crippen LogP) is -0.0169. The summed E-state index contributed by atoms with van der Waals surface area (Å²) in [5.74, 6) is 0.406. The second kappa shape index (κ2) is 5.29. The van der Waals surface area contributed by atoms with Crippen molar-refractivity contribution in [3.8, 4) is 0 Å². The number of carbonyl (C=O) groups excluding carboxylic acids is 1. The highest BCUT2D eigenvalue weighted by molar-refractivity contribution is 5.92. The van der Waals surface area contributed by atoms with Crippen molar-refractivity contribution in [1.82, 2.24) is 15.1 Å². The van der Waals surface area contributed by atoms with Crippen LogP contribution in [0.25, 0.3) is 0 Å². The van der Waals surface area contributed by atoms with Crippen LogP contribution in [-0.4, -0.2) is 41.5 Å². The van der Waals surface area contributed by atoms with E-state index in [1.807, 2.05) is 14.0 Å².